The van der Waals surface area contributed by atoms with Gasteiger partial charge in [-0.25, -0.2) is 9.69 Å². The Kier molecular flexibility index (Phi) is 3.51. The molecule has 3 rings (SSSR count). The van der Waals surface area contributed by atoms with Gasteiger partial charge in [0, 0.05) is 6.54 Å². The van der Waals surface area contributed by atoms with E-state index in [1.54, 1.807) is 17.1 Å². The van der Waals surface area contributed by atoms with Crippen molar-refractivity contribution in [2.45, 2.75) is 24.6 Å². The van der Waals surface area contributed by atoms with Gasteiger partial charge in [0.25, 0.3) is 5.72 Å². The zero-order valence-corrected chi connectivity index (χ0v) is 11.8. The third-order valence-corrected chi connectivity index (χ3v) is 3.99. The molecule has 0 spiro atoms. The number of hydrogen-bond donors (Lipinski definition) is 0. The molecule has 2 aliphatic heterocycles. The summed E-state index contributed by atoms with van der Waals surface area (Å²) in [6, 6.07) is 9.22. The average Bonchev–Trinajstić information content (AvgIpc) is 3.10. The Bertz CT molecular complexity index is 583. The predicted octanol–water partition coefficient (Wildman–Crippen LogP) is 1.59. The summed E-state index contributed by atoms with van der Waals surface area (Å²) >= 11 is 0. The van der Waals surface area contributed by atoms with Crippen molar-refractivity contribution in [1.82, 2.24) is 4.90 Å². The molecule has 0 saturated carbocycles. The summed E-state index contributed by atoms with van der Waals surface area (Å²) in [5, 5.41) is 0. The second kappa shape index (κ2) is 5.33. The number of esters is 2. The molecule has 1 unspecified atom stereocenters. The highest BCUT2D eigenvalue weighted by Gasteiger charge is 2.59. The minimum atomic E-state index is -1.43. The van der Waals surface area contributed by atoms with Gasteiger partial charge in [0.05, 0.1) is 7.11 Å². The van der Waals surface area contributed by atoms with Crippen LogP contribution in [0.2, 0.25) is 0 Å². The van der Waals surface area contributed by atoms with Gasteiger partial charge in [0.2, 0.25) is 0 Å². The second-order valence-corrected chi connectivity index (χ2v) is 5.20. The highest BCUT2D eigenvalue weighted by molar-refractivity contribution is 5.91. The lowest BCUT2D eigenvalue weighted by atomic mass is 10.1. The maximum absolute atomic E-state index is 12.3. The molecule has 2 heterocycles. The van der Waals surface area contributed by atoms with Crippen LogP contribution in [0.1, 0.15) is 18.4 Å². The van der Waals surface area contributed by atoms with Crippen molar-refractivity contribution >= 4 is 18.0 Å². The van der Waals surface area contributed by atoms with E-state index in [4.69, 9.17) is 9.47 Å². The monoisotopic (exact) mass is 287 g/mol. The van der Waals surface area contributed by atoms with E-state index >= 15 is 0 Å². The molecule has 0 aliphatic carbocycles. The van der Waals surface area contributed by atoms with Gasteiger partial charge in [0.1, 0.15) is 6.04 Å². The van der Waals surface area contributed by atoms with Crippen LogP contribution in [0.15, 0.2) is 36.4 Å². The maximum atomic E-state index is 12.3. The van der Waals surface area contributed by atoms with E-state index in [0.717, 1.165) is 18.4 Å². The summed E-state index contributed by atoms with van der Waals surface area (Å²) in [4.78, 5) is 26.0. The number of methoxy groups -OCH3 is 1. The topological polar surface area (TPSA) is 55.8 Å². The molecule has 5 heteroatoms. The number of fused-ring (bicyclic) bond motifs is 1. The van der Waals surface area contributed by atoms with E-state index in [1.165, 1.54) is 7.11 Å². The maximum Gasteiger partial charge on any atom is 0.370 e. The molecule has 0 aromatic heterocycles. The van der Waals surface area contributed by atoms with Crippen LogP contribution < -0.4 is 0 Å². The number of cyclic esters (lactones) is 1. The number of carbonyl (C=O) groups is 2. The van der Waals surface area contributed by atoms with Gasteiger partial charge >= 0.3 is 11.9 Å². The van der Waals surface area contributed by atoms with Gasteiger partial charge < -0.3 is 9.47 Å². The van der Waals surface area contributed by atoms with Crippen LogP contribution in [0, 0.1) is 0 Å². The number of carbonyl (C=O) groups excluding carboxylic acids is 2. The molecule has 2 saturated heterocycles. The SMILES string of the molecule is COC(=O)[C@@]1(/C=C/c2ccccc2)OC(=O)C2CCCN21. The predicted molar refractivity (Wildman–Crippen MR) is 76.0 cm³/mol. The van der Waals surface area contributed by atoms with Crippen LogP contribution >= 0.6 is 0 Å². The van der Waals surface area contributed by atoms with Crippen molar-refractivity contribution in [2.24, 2.45) is 0 Å². The van der Waals surface area contributed by atoms with Crippen LogP contribution in [-0.4, -0.2) is 42.3 Å². The molecule has 2 aliphatic rings. The molecule has 0 bridgehead atoms. The number of rotatable bonds is 3. The van der Waals surface area contributed by atoms with E-state index in [9.17, 15) is 9.59 Å². The van der Waals surface area contributed by atoms with Gasteiger partial charge in [0.15, 0.2) is 0 Å². The molecule has 0 amide bonds. The van der Waals surface area contributed by atoms with E-state index in [1.807, 2.05) is 30.3 Å². The first-order valence-electron chi connectivity index (χ1n) is 7.00. The van der Waals surface area contributed by atoms with Crippen molar-refractivity contribution < 1.29 is 19.1 Å². The van der Waals surface area contributed by atoms with Crippen molar-refractivity contribution in [3.05, 3.63) is 42.0 Å². The Morgan fingerprint density at radius 2 is 2.19 bits per heavy atom. The quantitative estimate of drug-likeness (QED) is 0.790. The fraction of sp³-hybridized carbons (Fsp3) is 0.375. The van der Waals surface area contributed by atoms with E-state index in [-0.39, 0.29) is 12.0 Å². The Morgan fingerprint density at radius 1 is 1.43 bits per heavy atom. The third-order valence-electron chi connectivity index (χ3n) is 3.99. The Morgan fingerprint density at radius 3 is 2.90 bits per heavy atom. The highest BCUT2D eigenvalue weighted by Crippen LogP contribution is 2.38. The van der Waals surface area contributed by atoms with Crippen molar-refractivity contribution in [3.8, 4) is 0 Å². The van der Waals surface area contributed by atoms with Gasteiger partial charge in [-0.05, 0) is 24.5 Å². The molecule has 5 nitrogen and oxygen atoms in total. The fourth-order valence-electron chi connectivity index (χ4n) is 2.97. The van der Waals surface area contributed by atoms with Crippen LogP contribution in [0.5, 0.6) is 0 Å². The number of benzene rings is 1. The molecule has 1 aromatic rings. The minimum Gasteiger partial charge on any atom is -0.465 e. The summed E-state index contributed by atoms with van der Waals surface area (Å²) in [5.41, 5.74) is -0.498. The molecule has 1 aromatic carbocycles. The zero-order valence-electron chi connectivity index (χ0n) is 11.8. The minimum absolute atomic E-state index is 0.343. The fourth-order valence-corrected chi connectivity index (χ4v) is 2.97. The van der Waals surface area contributed by atoms with Gasteiger partial charge in [-0.15, -0.1) is 0 Å². The second-order valence-electron chi connectivity index (χ2n) is 5.20. The van der Waals surface area contributed by atoms with Crippen molar-refractivity contribution in [2.75, 3.05) is 13.7 Å². The molecule has 2 fully saturated rings. The van der Waals surface area contributed by atoms with E-state index < -0.39 is 11.7 Å². The summed E-state index contributed by atoms with van der Waals surface area (Å²) in [5.74, 6) is -0.914. The largest absolute Gasteiger partial charge is 0.465 e. The Balaban J connectivity index is 1.97. The zero-order chi connectivity index (χ0) is 14.9. The number of ether oxygens (including phenoxy) is 2. The van der Waals surface area contributed by atoms with Crippen molar-refractivity contribution in [3.63, 3.8) is 0 Å². The normalized spacial score (nSPS) is 28.6. The van der Waals surface area contributed by atoms with Crippen LogP contribution in [-0.2, 0) is 19.1 Å². The van der Waals surface area contributed by atoms with E-state index in [2.05, 4.69) is 0 Å². The Hall–Kier alpha value is -2.14. The lowest BCUT2D eigenvalue weighted by molar-refractivity contribution is -0.176. The number of nitrogens with zero attached hydrogens (tertiary/aromatic N) is 1. The number of hydrogen-bond acceptors (Lipinski definition) is 5. The van der Waals surface area contributed by atoms with Gasteiger partial charge in [-0.1, -0.05) is 36.4 Å². The molecular weight excluding hydrogens is 270 g/mol. The molecule has 0 radical (unpaired) electrons. The average molecular weight is 287 g/mol. The van der Waals surface area contributed by atoms with Gasteiger partial charge in [-0.2, -0.15) is 0 Å². The smallest absolute Gasteiger partial charge is 0.370 e. The van der Waals surface area contributed by atoms with Crippen molar-refractivity contribution in [1.29, 1.82) is 0 Å². The molecule has 0 N–H and O–H groups in total. The van der Waals surface area contributed by atoms with E-state index in [0.29, 0.717) is 6.54 Å². The highest BCUT2D eigenvalue weighted by atomic mass is 16.6. The van der Waals surface area contributed by atoms with Crippen LogP contribution in [0.4, 0.5) is 0 Å². The lowest BCUT2D eigenvalue weighted by Gasteiger charge is -2.29. The summed E-state index contributed by atoms with van der Waals surface area (Å²) < 4.78 is 10.3. The summed E-state index contributed by atoms with van der Waals surface area (Å²) in [7, 11) is 1.30. The lowest BCUT2D eigenvalue weighted by Crippen LogP contribution is -2.51. The van der Waals surface area contributed by atoms with Crippen LogP contribution in [0.3, 0.4) is 0 Å². The Labute approximate surface area is 123 Å². The standard InChI is InChI=1S/C16H17NO4/c1-20-15(19)16(10-9-12-6-3-2-4-7-12)17-11-5-8-13(17)14(18)21-16/h2-4,6-7,9-10,13H,5,8,11H2,1H3/b10-9+/t13?,16-/m1/s1. The summed E-state index contributed by atoms with van der Waals surface area (Å²) in [6.45, 7) is 0.643. The first-order chi connectivity index (χ1) is 10.2. The molecule has 110 valence electrons. The summed E-state index contributed by atoms with van der Waals surface area (Å²) in [6.07, 6.45) is 5.00. The molecular formula is C16H17NO4. The van der Waals surface area contributed by atoms with Gasteiger partial charge in [-0.3, -0.25) is 4.79 Å². The van der Waals surface area contributed by atoms with Crippen LogP contribution in [0.25, 0.3) is 6.08 Å². The third kappa shape index (κ3) is 2.23. The molecule has 2 atom stereocenters. The molecule has 21 heavy (non-hydrogen) atoms. The first kappa shape index (κ1) is 13.8. The first-order valence-corrected chi connectivity index (χ1v) is 7.00.